The van der Waals surface area contributed by atoms with Crippen molar-refractivity contribution in [2.75, 3.05) is 13.7 Å². The van der Waals surface area contributed by atoms with Crippen molar-refractivity contribution in [2.45, 2.75) is 13.3 Å². The highest BCUT2D eigenvalue weighted by atomic mass is 16.5. The Morgan fingerprint density at radius 3 is 2.50 bits per heavy atom. The molecule has 14 heavy (non-hydrogen) atoms. The van der Waals surface area contributed by atoms with Crippen molar-refractivity contribution in [1.82, 2.24) is 0 Å². The first kappa shape index (κ1) is 10.8. The number of benzene rings is 1. The van der Waals surface area contributed by atoms with Crippen LogP contribution in [0.5, 0.6) is 5.75 Å². The molecular weight excluding hydrogens is 174 g/mol. The minimum absolute atomic E-state index is 0.702. The minimum Gasteiger partial charge on any atom is -0.497 e. The topological polar surface area (TPSA) is 35.2 Å². The Morgan fingerprint density at radius 1 is 1.36 bits per heavy atom. The molecule has 0 amide bonds. The zero-order valence-corrected chi connectivity index (χ0v) is 8.79. The highest BCUT2D eigenvalue weighted by molar-refractivity contribution is 5.64. The third-order valence-corrected chi connectivity index (χ3v) is 2.16. The zero-order chi connectivity index (χ0) is 10.4. The molecule has 0 saturated heterocycles. The molecule has 2 N–H and O–H groups in total. The Labute approximate surface area is 85.4 Å². The molecule has 0 saturated carbocycles. The third-order valence-electron chi connectivity index (χ3n) is 2.16. The smallest absolute Gasteiger partial charge is 0.118 e. The maximum atomic E-state index is 5.44. The van der Waals surface area contributed by atoms with E-state index in [0.717, 1.165) is 12.2 Å². The molecule has 0 fully saturated rings. The van der Waals surface area contributed by atoms with Crippen LogP contribution < -0.4 is 10.5 Å². The lowest BCUT2D eigenvalue weighted by molar-refractivity contribution is 0.415. The predicted molar refractivity (Wildman–Crippen MR) is 60.3 cm³/mol. The first-order valence-electron chi connectivity index (χ1n) is 4.79. The summed E-state index contributed by atoms with van der Waals surface area (Å²) in [6, 6.07) is 8.05. The summed E-state index contributed by atoms with van der Waals surface area (Å²) in [7, 11) is 1.67. The summed E-state index contributed by atoms with van der Waals surface area (Å²) in [5, 5.41) is 0. The summed E-state index contributed by atoms with van der Waals surface area (Å²) in [5.41, 5.74) is 7.92. The first-order valence-corrected chi connectivity index (χ1v) is 4.79. The van der Waals surface area contributed by atoms with Gasteiger partial charge in [0.2, 0.25) is 0 Å². The van der Waals surface area contributed by atoms with Crippen LogP contribution in [0.4, 0.5) is 0 Å². The maximum Gasteiger partial charge on any atom is 0.118 e. The molecule has 1 aromatic carbocycles. The van der Waals surface area contributed by atoms with Gasteiger partial charge in [-0.2, -0.15) is 0 Å². The summed E-state index contributed by atoms with van der Waals surface area (Å²) in [6.07, 6.45) is 3.08. The zero-order valence-electron chi connectivity index (χ0n) is 8.79. The van der Waals surface area contributed by atoms with Gasteiger partial charge in [-0.15, -0.1) is 0 Å². The van der Waals surface area contributed by atoms with Gasteiger partial charge in [0.25, 0.3) is 0 Å². The second-order valence-corrected chi connectivity index (χ2v) is 3.19. The Hall–Kier alpha value is -1.28. The summed E-state index contributed by atoms with van der Waals surface area (Å²) >= 11 is 0. The quantitative estimate of drug-likeness (QED) is 0.793. The van der Waals surface area contributed by atoms with Crippen LogP contribution in [0.1, 0.15) is 18.9 Å². The van der Waals surface area contributed by atoms with E-state index in [0.29, 0.717) is 6.54 Å². The Morgan fingerprint density at radius 2 is 2.00 bits per heavy atom. The van der Waals surface area contributed by atoms with Crippen LogP contribution >= 0.6 is 0 Å². The molecule has 0 aliphatic carbocycles. The summed E-state index contributed by atoms with van der Waals surface area (Å²) < 4.78 is 5.09. The van der Waals surface area contributed by atoms with Gasteiger partial charge in [0.1, 0.15) is 5.75 Å². The fourth-order valence-corrected chi connectivity index (χ4v) is 1.27. The standard InChI is InChI=1S/C12H17NO/c1-10(4-3-9-13)11-5-7-12(14-2)8-6-11/h4-8H,3,9,13H2,1-2H3. The van der Waals surface area contributed by atoms with Crippen LogP contribution in [-0.2, 0) is 0 Å². The second-order valence-electron chi connectivity index (χ2n) is 3.19. The van der Waals surface area contributed by atoms with Gasteiger partial charge in [-0.3, -0.25) is 0 Å². The van der Waals surface area contributed by atoms with Crippen molar-refractivity contribution in [2.24, 2.45) is 5.73 Å². The van der Waals surface area contributed by atoms with Crippen molar-refractivity contribution < 1.29 is 4.74 Å². The van der Waals surface area contributed by atoms with E-state index < -0.39 is 0 Å². The van der Waals surface area contributed by atoms with Crippen molar-refractivity contribution in [1.29, 1.82) is 0 Å². The molecular formula is C12H17NO. The lowest BCUT2D eigenvalue weighted by Crippen LogP contribution is -1.95. The van der Waals surface area contributed by atoms with Crippen molar-refractivity contribution in [3.05, 3.63) is 35.9 Å². The highest BCUT2D eigenvalue weighted by Gasteiger charge is 1.95. The lowest BCUT2D eigenvalue weighted by atomic mass is 10.1. The molecule has 1 rings (SSSR count). The average molecular weight is 191 g/mol. The van der Waals surface area contributed by atoms with Crippen LogP contribution in [0.25, 0.3) is 5.57 Å². The van der Waals surface area contributed by atoms with Gasteiger partial charge in [-0.1, -0.05) is 18.2 Å². The van der Waals surface area contributed by atoms with Gasteiger partial charge in [0.05, 0.1) is 7.11 Å². The van der Waals surface area contributed by atoms with E-state index in [-0.39, 0.29) is 0 Å². The highest BCUT2D eigenvalue weighted by Crippen LogP contribution is 2.18. The van der Waals surface area contributed by atoms with Crippen LogP contribution in [0.15, 0.2) is 30.3 Å². The lowest BCUT2D eigenvalue weighted by Gasteiger charge is -2.03. The SMILES string of the molecule is COc1ccc(C(C)=CCCN)cc1. The van der Waals surface area contributed by atoms with E-state index in [1.165, 1.54) is 11.1 Å². The Bertz CT molecular complexity index is 301. The number of hydrogen-bond donors (Lipinski definition) is 1. The number of rotatable bonds is 4. The van der Waals surface area contributed by atoms with E-state index in [1.54, 1.807) is 7.11 Å². The maximum absolute atomic E-state index is 5.44. The number of nitrogens with two attached hydrogens (primary N) is 1. The number of ether oxygens (including phenoxy) is 1. The molecule has 0 radical (unpaired) electrons. The summed E-state index contributed by atoms with van der Waals surface area (Å²) in [4.78, 5) is 0. The van der Waals surface area contributed by atoms with Crippen molar-refractivity contribution >= 4 is 5.57 Å². The number of allylic oxidation sites excluding steroid dienone is 1. The monoisotopic (exact) mass is 191 g/mol. The Balaban J connectivity index is 2.76. The summed E-state index contributed by atoms with van der Waals surface area (Å²) in [5.74, 6) is 0.889. The first-order chi connectivity index (χ1) is 6.77. The fourth-order valence-electron chi connectivity index (χ4n) is 1.27. The number of methoxy groups -OCH3 is 1. The molecule has 0 heterocycles. The molecule has 0 aromatic heterocycles. The van der Waals surface area contributed by atoms with Crippen LogP contribution in [0.2, 0.25) is 0 Å². The molecule has 0 aliphatic heterocycles. The van der Waals surface area contributed by atoms with E-state index in [9.17, 15) is 0 Å². The third kappa shape index (κ3) is 2.89. The molecule has 1 aromatic rings. The van der Waals surface area contributed by atoms with Crippen molar-refractivity contribution in [3.8, 4) is 5.75 Å². The van der Waals surface area contributed by atoms with E-state index in [2.05, 4.69) is 25.1 Å². The normalized spacial score (nSPS) is 11.5. The van der Waals surface area contributed by atoms with Gasteiger partial charge in [-0.05, 0) is 43.2 Å². The molecule has 0 bridgehead atoms. The van der Waals surface area contributed by atoms with Gasteiger partial charge in [-0.25, -0.2) is 0 Å². The van der Waals surface area contributed by atoms with Gasteiger partial charge >= 0.3 is 0 Å². The average Bonchev–Trinajstić information content (AvgIpc) is 2.26. The van der Waals surface area contributed by atoms with Crippen LogP contribution in [0, 0.1) is 0 Å². The van der Waals surface area contributed by atoms with Gasteiger partial charge in [0, 0.05) is 0 Å². The van der Waals surface area contributed by atoms with Crippen LogP contribution in [-0.4, -0.2) is 13.7 Å². The molecule has 0 unspecified atom stereocenters. The summed E-state index contributed by atoms with van der Waals surface area (Å²) in [6.45, 7) is 2.80. The van der Waals surface area contributed by atoms with E-state index in [4.69, 9.17) is 10.5 Å². The van der Waals surface area contributed by atoms with Gasteiger partial charge < -0.3 is 10.5 Å². The van der Waals surface area contributed by atoms with Crippen molar-refractivity contribution in [3.63, 3.8) is 0 Å². The second kappa shape index (κ2) is 5.45. The van der Waals surface area contributed by atoms with Gasteiger partial charge in [0.15, 0.2) is 0 Å². The molecule has 0 spiro atoms. The molecule has 2 heteroatoms. The van der Waals surface area contributed by atoms with E-state index in [1.807, 2.05) is 12.1 Å². The van der Waals surface area contributed by atoms with E-state index >= 15 is 0 Å². The Kier molecular flexibility index (Phi) is 4.20. The largest absolute Gasteiger partial charge is 0.497 e. The predicted octanol–water partition coefficient (Wildman–Crippen LogP) is 2.45. The fraction of sp³-hybridized carbons (Fsp3) is 0.333. The molecule has 76 valence electrons. The molecule has 0 atom stereocenters. The number of hydrogen-bond acceptors (Lipinski definition) is 2. The van der Waals surface area contributed by atoms with Crippen LogP contribution in [0.3, 0.4) is 0 Å². The minimum atomic E-state index is 0.702. The molecule has 2 nitrogen and oxygen atoms in total. The molecule has 0 aliphatic rings.